The Balaban J connectivity index is 2.01. The third-order valence-electron chi connectivity index (χ3n) is 4.22. The van der Waals surface area contributed by atoms with Crippen LogP contribution in [0.1, 0.15) is 30.7 Å². The topological polar surface area (TPSA) is 32.5 Å². The minimum atomic E-state index is 0.225. The summed E-state index contributed by atoms with van der Waals surface area (Å²) in [4.78, 5) is 6.31. The van der Waals surface area contributed by atoms with E-state index in [2.05, 4.69) is 48.3 Å². The predicted octanol–water partition coefficient (Wildman–Crippen LogP) is 2.41. The van der Waals surface area contributed by atoms with E-state index in [0.717, 1.165) is 18.9 Å². The SMILES string of the molecule is CCC(N)C(c1cccs1)N(C)CC1CCN(C)C1. The van der Waals surface area contributed by atoms with Crippen molar-refractivity contribution >= 4 is 11.3 Å². The minimum Gasteiger partial charge on any atom is -0.326 e. The van der Waals surface area contributed by atoms with Gasteiger partial charge in [0.1, 0.15) is 0 Å². The van der Waals surface area contributed by atoms with Gasteiger partial charge in [0, 0.05) is 24.0 Å². The van der Waals surface area contributed by atoms with E-state index in [0.29, 0.717) is 6.04 Å². The second kappa shape index (κ2) is 6.84. The maximum absolute atomic E-state index is 6.37. The zero-order valence-corrected chi connectivity index (χ0v) is 13.2. The fourth-order valence-corrected chi connectivity index (χ4v) is 4.10. The van der Waals surface area contributed by atoms with Gasteiger partial charge in [0.05, 0.1) is 6.04 Å². The molecule has 3 unspecified atom stereocenters. The standard InChI is InChI=1S/C15H27N3S/c1-4-13(16)15(14-6-5-9-19-14)18(3)11-12-7-8-17(2)10-12/h5-6,9,12-13,15H,4,7-8,10-11,16H2,1-3H3. The molecular weight excluding hydrogens is 254 g/mol. The van der Waals surface area contributed by atoms with Gasteiger partial charge in [-0.25, -0.2) is 0 Å². The molecule has 1 aromatic heterocycles. The third kappa shape index (κ3) is 3.78. The van der Waals surface area contributed by atoms with E-state index in [9.17, 15) is 0 Å². The molecule has 4 heteroatoms. The van der Waals surface area contributed by atoms with Crippen molar-refractivity contribution in [1.82, 2.24) is 9.80 Å². The Morgan fingerprint density at radius 2 is 2.37 bits per heavy atom. The second-order valence-electron chi connectivity index (χ2n) is 5.89. The summed E-state index contributed by atoms with van der Waals surface area (Å²) < 4.78 is 0. The van der Waals surface area contributed by atoms with Gasteiger partial charge in [-0.05, 0) is 50.8 Å². The van der Waals surface area contributed by atoms with Gasteiger partial charge in [-0.3, -0.25) is 4.90 Å². The summed E-state index contributed by atoms with van der Waals surface area (Å²) in [5.41, 5.74) is 6.37. The number of likely N-dealkylation sites (N-methyl/N-ethyl adjacent to an activating group) is 1. The van der Waals surface area contributed by atoms with Crippen molar-refractivity contribution in [2.45, 2.75) is 31.8 Å². The summed E-state index contributed by atoms with van der Waals surface area (Å²) in [6.07, 6.45) is 2.34. The summed E-state index contributed by atoms with van der Waals surface area (Å²) in [5.74, 6) is 0.793. The van der Waals surface area contributed by atoms with Gasteiger partial charge in [-0.2, -0.15) is 0 Å². The highest BCUT2D eigenvalue weighted by atomic mass is 32.1. The van der Waals surface area contributed by atoms with Crippen LogP contribution in [0.5, 0.6) is 0 Å². The Hall–Kier alpha value is -0.420. The molecule has 1 aromatic rings. The van der Waals surface area contributed by atoms with Crippen molar-refractivity contribution < 1.29 is 0 Å². The van der Waals surface area contributed by atoms with Crippen LogP contribution in [0, 0.1) is 5.92 Å². The first-order valence-corrected chi connectivity index (χ1v) is 8.17. The highest BCUT2D eigenvalue weighted by molar-refractivity contribution is 7.10. The Kier molecular flexibility index (Phi) is 5.39. The van der Waals surface area contributed by atoms with Crippen molar-refractivity contribution in [3.8, 4) is 0 Å². The number of thiophene rings is 1. The molecule has 3 nitrogen and oxygen atoms in total. The Morgan fingerprint density at radius 3 is 2.89 bits per heavy atom. The van der Waals surface area contributed by atoms with E-state index >= 15 is 0 Å². The Bertz CT molecular complexity index is 365. The molecule has 1 aliphatic heterocycles. The lowest BCUT2D eigenvalue weighted by Crippen LogP contribution is -2.40. The van der Waals surface area contributed by atoms with E-state index < -0.39 is 0 Å². The molecule has 2 N–H and O–H groups in total. The Morgan fingerprint density at radius 1 is 1.58 bits per heavy atom. The smallest absolute Gasteiger partial charge is 0.0590 e. The molecule has 1 fully saturated rings. The molecule has 0 aliphatic carbocycles. The largest absolute Gasteiger partial charge is 0.326 e. The average molecular weight is 281 g/mol. The molecule has 19 heavy (non-hydrogen) atoms. The van der Waals surface area contributed by atoms with Crippen LogP contribution in [0.15, 0.2) is 17.5 Å². The molecule has 2 rings (SSSR count). The lowest BCUT2D eigenvalue weighted by molar-refractivity contribution is 0.183. The molecule has 0 bridgehead atoms. The van der Waals surface area contributed by atoms with Crippen molar-refractivity contribution in [2.24, 2.45) is 11.7 Å². The number of nitrogens with zero attached hydrogens (tertiary/aromatic N) is 2. The Labute approximate surface area is 121 Å². The normalized spacial score (nSPS) is 23.9. The molecule has 108 valence electrons. The molecule has 0 radical (unpaired) electrons. The first-order valence-electron chi connectivity index (χ1n) is 7.29. The summed E-state index contributed by atoms with van der Waals surface area (Å²) in [7, 11) is 4.45. The minimum absolute atomic E-state index is 0.225. The van der Waals surface area contributed by atoms with E-state index in [1.807, 2.05) is 11.3 Å². The van der Waals surface area contributed by atoms with Crippen LogP contribution >= 0.6 is 11.3 Å². The maximum Gasteiger partial charge on any atom is 0.0590 e. The van der Waals surface area contributed by atoms with Gasteiger partial charge in [0.15, 0.2) is 0 Å². The number of hydrogen-bond acceptors (Lipinski definition) is 4. The number of rotatable bonds is 6. The highest BCUT2D eigenvalue weighted by Crippen LogP contribution is 2.29. The summed E-state index contributed by atoms with van der Waals surface area (Å²) >= 11 is 1.83. The molecule has 3 atom stereocenters. The van der Waals surface area contributed by atoms with Gasteiger partial charge < -0.3 is 10.6 Å². The van der Waals surface area contributed by atoms with E-state index in [1.165, 1.54) is 24.4 Å². The summed E-state index contributed by atoms with van der Waals surface area (Å²) in [6.45, 7) is 5.80. The lowest BCUT2D eigenvalue weighted by Gasteiger charge is -2.33. The van der Waals surface area contributed by atoms with Crippen LogP contribution < -0.4 is 5.73 Å². The molecule has 0 spiro atoms. The first-order chi connectivity index (χ1) is 9.11. The number of nitrogens with two attached hydrogens (primary N) is 1. The van der Waals surface area contributed by atoms with Crippen LogP contribution in [0.25, 0.3) is 0 Å². The summed E-state index contributed by atoms with van der Waals surface area (Å²) in [5, 5.41) is 2.15. The van der Waals surface area contributed by atoms with Crippen LogP contribution in [-0.4, -0.2) is 49.6 Å². The molecule has 0 saturated carbocycles. The predicted molar refractivity (Wildman–Crippen MR) is 83.6 cm³/mol. The van der Waals surface area contributed by atoms with Gasteiger partial charge in [0.25, 0.3) is 0 Å². The number of likely N-dealkylation sites (tertiary alicyclic amines) is 1. The monoisotopic (exact) mass is 281 g/mol. The van der Waals surface area contributed by atoms with Crippen LogP contribution in [0.2, 0.25) is 0 Å². The van der Waals surface area contributed by atoms with Crippen molar-refractivity contribution in [2.75, 3.05) is 33.7 Å². The third-order valence-corrected chi connectivity index (χ3v) is 5.16. The van der Waals surface area contributed by atoms with E-state index in [1.54, 1.807) is 0 Å². The molecular formula is C15H27N3S. The molecule has 2 heterocycles. The van der Waals surface area contributed by atoms with Gasteiger partial charge >= 0.3 is 0 Å². The first kappa shape index (κ1) is 15.0. The zero-order valence-electron chi connectivity index (χ0n) is 12.4. The summed E-state index contributed by atoms with van der Waals surface area (Å²) in [6, 6.07) is 4.95. The zero-order chi connectivity index (χ0) is 13.8. The highest BCUT2D eigenvalue weighted by Gasteiger charge is 2.28. The molecule has 1 saturated heterocycles. The van der Waals surface area contributed by atoms with Crippen LogP contribution in [-0.2, 0) is 0 Å². The number of hydrogen-bond donors (Lipinski definition) is 1. The van der Waals surface area contributed by atoms with E-state index in [4.69, 9.17) is 5.73 Å². The second-order valence-corrected chi connectivity index (χ2v) is 6.87. The van der Waals surface area contributed by atoms with Crippen molar-refractivity contribution in [3.05, 3.63) is 22.4 Å². The van der Waals surface area contributed by atoms with Gasteiger partial charge in [-0.1, -0.05) is 13.0 Å². The van der Waals surface area contributed by atoms with Crippen LogP contribution in [0.4, 0.5) is 0 Å². The average Bonchev–Trinajstić information content (AvgIpc) is 3.01. The molecule has 0 amide bonds. The molecule has 0 aromatic carbocycles. The van der Waals surface area contributed by atoms with Gasteiger partial charge in [-0.15, -0.1) is 11.3 Å². The maximum atomic E-state index is 6.37. The lowest BCUT2D eigenvalue weighted by atomic mass is 10.0. The van der Waals surface area contributed by atoms with E-state index in [-0.39, 0.29) is 6.04 Å². The fraction of sp³-hybridized carbons (Fsp3) is 0.733. The molecule has 1 aliphatic rings. The van der Waals surface area contributed by atoms with Crippen molar-refractivity contribution in [1.29, 1.82) is 0 Å². The fourth-order valence-electron chi connectivity index (χ4n) is 3.13. The van der Waals surface area contributed by atoms with Crippen molar-refractivity contribution in [3.63, 3.8) is 0 Å². The quantitative estimate of drug-likeness (QED) is 0.869. The van der Waals surface area contributed by atoms with Gasteiger partial charge in [0.2, 0.25) is 0 Å². The van der Waals surface area contributed by atoms with Crippen LogP contribution in [0.3, 0.4) is 0 Å².